The third kappa shape index (κ3) is 4.65. The quantitative estimate of drug-likeness (QED) is 0.582. The number of nitrogens with one attached hydrogen (secondary N) is 2. The van der Waals surface area contributed by atoms with E-state index in [-0.39, 0.29) is 18.2 Å². The van der Waals surface area contributed by atoms with Crippen LogP contribution in [-0.4, -0.2) is 23.8 Å². The molecule has 108 valence electrons. The Kier molecular flexibility index (Phi) is 4.93. The molecule has 2 rings (SSSR count). The Morgan fingerprint density at radius 3 is 2.76 bits per heavy atom. The fourth-order valence-electron chi connectivity index (χ4n) is 1.73. The molecule has 0 aliphatic heterocycles. The highest BCUT2D eigenvalue weighted by Gasteiger charge is 2.00. The van der Waals surface area contributed by atoms with E-state index in [2.05, 4.69) is 15.8 Å². The van der Waals surface area contributed by atoms with Crippen LogP contribution in [-0.2, 0) is 4.79 Å². The van der Waals surface area contributed by atoms with Gasteiger partial charge in [0.15, 0.2) is 0 Å². The zero-order valence-corrected chi connectivity index (χ0v) is 11.7. The van der Waals surface area contributed by atoms with E-state index in [0.717, 1.165) is 11.3 Å². The van der Waals surface area contributed by atoms with E-state index in [1.807, 2.05) is 37.3 Å². The standard InChI is InChI=1S/C16H17N3O2/c1-12-7-8-15(20)13(9-12)10-18-19-16(21)11-17-14-5-3-2-4-6-14/h2-10,17,20H,11H2,1H3,(H,19,21)/b18-10-. The number of aromatic hydroxyl groups is 1. The van der Waals surface area contributed by atoms with Crippen molar-refractivity contribution in [3.8, 4) is 5.75 Å². The van der Waals surface area contributed by atoms with Crippen LogP contribution >= 0.6 is 0 Å². The molecule has 21 heavy (non-hydrogen) atoms. The van der Waals surface area contributed by atoms with Gasteiger partial charge in [0, 0.05) is 11.3 Å². The Bertz CT molecular complexity index is 639. The summed E-state index contributed by atoms with van der Waals surface area (Å²) < 4.78 is 0. The summed E-state index contributed by atoms with van der Waals surface area (Å²) in [7, 11) is 0. The first kappa shape index (κ1) is 14.6. The molecular weight excluding hydrogens is 266 g/mol. The number of benzene rings is 2. The maximum atomic E-state index is 11.6. The Labute approximate surface area is 123 Å². The zero-order chi connectivity index (χ0) is 15.1. The molecule has 0 bridgehead atoms. The number of carbonyl (C=O) groups is 1. The summed E-state index contributed by atoms with van der Waals surface area (Å²) in [4.78, 5) is 11.6. The van der Waals surface area contributed by atoms with Crippen molar-refractivity contribution in [3.63, 3.8) is 0 Å². The zero-order valence-electron chi connectivity index (χ0n) is 11.7. The van der Waals surface area contributed by atoms with Crippen LogP contribution in [0.5, 0.6) is 5.75 Å². The van der Waals surface area contributed by atoms with Crippen molar-refractivity contribution in [1.29, 1.82) is 0 Å². The van der Waals surface area contributed by atoms with Crippen LogP contribution in [0.2, 0.25) is 0 Å². The minimum Gasteiger partial charge on any atom is -0.507 e. The van der Waals surface area contributed by atoms with Gasteiger partial charge in [-0.3, -0.25) is 4.79 Å². The van der Waals surface area contributed by atoms with Gasteiger partial charge in [0.05, 0.1) is 12.8 Å². The van der Waals surface area contributed by atoms with E-state index >= 15 is 0 Å². The van der Waals surface area contributed by atoms with Gasteiger partial charge in [-0.05, 0) is 31.2 Å². The molecule has 5 heteroatoms. The molecule has 2 aromatic rings. The van der Waals surface area contributed by atoms with E-state index in [4.69, 9.17) is 0 Å². The highest BCUT2D eigenvalue weighted by Crippen LogP contribution is 2.15. The molecule has 0 heterocycles. The first-order valence-corrected chi connectivity index (χ1v) is 6.55. The number of para-hydroxylation sites is 1. The van der Waals surface area contributed by atoms with E-state index < -0.39 is 0 Å². The molecule has 0 aromatic heterocycles. The molecule has 0 aliphatic rings. The molecule has 0 unspecified atom stereocenters. The first-order chi connectivity index (χ1) is 10.1. The van der Waals surface area contributed by atoms with Crippen molar-refractivity contribution in [2.75, 3.05) is 11.9 Å². The highest BCUT2D eigenvalue weighted by atomic mass is 16.3. The van der Waals surface area contributed by atoms with Crippen molar-refractivity contribution >= 4 is 17.8 Å². The number of phenolic OH excluding ortho intramolecular Hbond substituents is 1. The van der Waals surface area contributed by atoms with Crippen molar-refractivity contribution < 1.29 is 9.90 Å². The number of rotatable bonds is 5. The minimum atomic E-state index is -0.262. The fraction of sp³-hybridized carbons (Fsp3) is 0.125. The topological polar surface area (TPSA) is 73.7 Å². The Morgan fingerprint density at radius 1 is 1.24 bits per heavy atom. The van der Waals surface area contributed by atoms with Gasteiger partial charge in [-0.15, -0.1) is 0 Å². The average molecular weight is 283 g/mol. The van der Waals surface area contributed by atoms with Gasteiger partial charge >= 0.3 is 0 Å². The summed E-state index contributed by atoms with van der Waals surface area (Å²) in [6, 6.07) is 14.6. The number of aryl methyl sites for hydroxylation is 1. The predicted octanol–water partition coefficient (Wildman–Crippen LogP) is 2.26. The van der Waals surface area contributed by atoms with E-state index in [1.165, 1.54) is 6.21 Å². The van der Waals surface area contributed by atoms with Gasteiger partial charge in [-0.2, -0.15) is 5.10 Å². The molecule has 1 amide bonds. The maximum Gasteiger partial charge on any atom is 0.259 e. The molecule has 0 atom stereocenters. The first-order valence-electron chi connectivity index (χ1n) is 6.55. The second kappa shape index (κ2) is 7.09. The van der Waals surface area contributed by atoms with Crippen LogP contribution in [0.4, 0.5) is 5.69 Å². The lowest BCUT2D eigenvalue weighted by Gasteiger charge is -2.04. The van der Waals surface area contributed by atoms with Gasteiger partial charge in [0.1, 0.15) is 5.75 Å². The highest BCUT2D eigenvalue weighted by molar-refractivity contribution is 5.86. The molecule has 0 aliphatic carbocycles. The molecule has 0 saturated heterocycles. The molecule has 5 nitrogen and oxygen atoms in total. The number of carbonyl (C=O) groups excluding carboxylic acids is 1. The Balaban J connectivity index is 1.83. The summed E-state index contributed by atoms with van der Waals surface area (Å²) >= 11 is 0. The van der Waals surface area contributed by atoms with Crippen molar-refractivity contribution in [2.45, 2.75) is 6.92 Å². The third-order valence-corrected chi connectivity index (χ3v) is 2.80. The van der Waals surface area contributed by atoms with Crippen molar-refractivity contribution in [2.24, 2.45) is 5.10 Å². The maximum absolute atomic E-state index is 11.6. The van der Waals surface area contributed by atoms with E-state index in [9.17, 15) is 9.90 Å². The fourth-order valence-corrected chi connectivity index (χ4v) is 1.73. The molecule has 0 radical (unpaired) electrons. The Morgan fingerprint density at radius 2 is 2.00 bits per heavy atom. The molecular formula is C16H17N3O2. The number of anilines is 1. The van der Waals surface area contributed by atoms with Crippen LogP contribution in [0, 0.1) is 6.92 Å². The van der Waals surface area contributed by atoms with Gasteiger partial charge in [-0.1, -0.05) is 29.8 Å². The van der Waals surface area contributed by atoms with Crippen molar-refractivity contribution in [3.05, 3.63) is 59.7 Å². The normalized spacial score (nSPS) is 10.5. The molecule has 0 saturated carbocycles. The largest absolute Gasteiger partial charge is 0.507 e. The van der Waals surface area contributed by atoms with Crippen LogP contribution in [0.15, 0.2) is 53.6 Å². The number of hydrogen-bond donors (Lipinski definition) is 3. The third-order valence-electron chi connectivity index (χ3n) is 2.80. The van der Waals surface area contributed by atoms with Crippen LogP contribution in [0.3, 0.4) is 0 Å². The molecule has 2 aromatic carbocycles. The van der Waals surface area contributed by atoms with E-state index in [1.54, 1.807) is 18.2 Å². The summed E-state index contributed by atoms with van der Waals surface area (Å²) in [5, 5.41) is 16.4. The lowest BCUT2D eigenvalue weighted by atomic mass is 10.1. The average Bonchev–Trinajstić information content (AvgIpc) is 2.50. The van der Waals surface area contributed by atoms with Gasteiger partial charge in [0.25, 0.3) is 5.91 Å². The Hall–Kier alpha value is -2.82. The van der Waals surface area contributed by atoms with Crippen LogP contribution < -0.4 is 10.7 Å². The summed E-state index contributed by atoms with van der Waals surface area (Å²) in [6.45, 7) is 2.04. The second-order valence-corrected chi connectivity index (χ2v) is 4.58. The van der Waals surface area contributed by atoms with Crippen LogP contribution in [0.1, 0.15) is 11.1 Å². The number of hydrazone groups is 1. The number of amides is 1. The lowest BCUT2D eigenvalue weighted by molar-refractivity contribution is -0.119. The SMILES string of the molecule is Cc1ccc(O)c(/C=N\NC(=O)CNc2ccccc2)c1. The predicted molar refractivity (Wildman–Crippen MR) is 83.5 cm³/mol. The van der Waals surface area contributed by atoms with Gasteiger partial charge < -0.3 is 10.4 Å². The molecule has 3 N–H and O–H groups in total. The number of hydrogen-bond acceptors (Lipinski definition) is 4. The summed E-state index contributed by atoms with van der Waals surface area (Å²) in [5.41, 5.74) is 4.84. The minimum absolute atomic E-state index is 0.126. The van der Waals surface area contributed by atoms with Crippen molar-refractivity contribution in [1.82, 2.24) is 5.43 Å². The van der Waals surface area contributed by atoms with Crippen LogP contribution in [0.25, 0.3) is 0 Å². The lowest BCUT2D eigenvalue weighted by Crippen LogP contribution is -2.25. The second-order valence-electron chi connectivity index (χ2n) is 4.58. The smallest absolute Gasteiger partial charge is 0.259 e. The monoisotopic (exact) mass is 283 g/mol. The summed E-state index contributed by atoms with van der Waals surface area (Å²) in [6.07, 6.45) is 1.42. The van der Waals surface area contributed by atoms with Gasteiger partial charge in [-0.25, -0.2) is 5.43 Å². The molecule has 0 fully saturated rings. The van der Waals surface area contributed by atoms with E-state index in [0.29, 0.717) is 5.56 Å². The summed E-state index contributed by atoms with van der Waals surface area (Å²) in [5.74, 6) is -0.136. The molecule has 0 spiro atoms. The van der Waals surface area contributed by atoms with Gasteiger partial charge in [0.2, 0.25) is 0 Å². The number of phenols is 1. The number of nitrogens with zero attached hydrogens (tertiary/aromatic N) is 1.